The van der Waals surface area contributed by atoms with Crippen molar-refractivity contribution in [2.45, 2.75) is 151 Å². The number of hydrogen-bond donors (Lipinski definition) is 0. The molecular formula is C57H86F8Sn5. The van der Waals surface area contributed by atoms with Gasteiger partial charge in [-0.2, -0.15) is 0 Å². The van der Waals surface area contributed by atoms with E-state index in [1.54, 1.807) is 58.2 Å². The van der Waals surface area contributed by atoms with E-state index in [0.29, 0.717) is 3.58 Å². The molecule has 5 aromatic carbocycles. The molecule has 0 aliphatic carbocycles. The number of unbranched alkanes of at least 4 members (excludes halogenated alkanes) is 3. The van der Waals surface area contributed by atoms with Crippen LogP contribution in [-0.4, -0.2) is 91.9 Å². The van der Waals surface area contributed by atoms with Gasteiger partial charge in [0.05, 0.1) is 0 Å². The van der Waals surface area contributed by atoms with Crippen molar-refractivity contribution in [3.8, 4) is 0 Å². The molecule has 0 heterocycles. The Morgan fingerprint density at radius 3 is 1.13 bits per heavy atom. The van der Waals surface area contributed by atoms with E-state index in [1.807, 2.05) is 6.07 Å². The second kappa shape index (κ2) is 32.9. The van der Waals surface area contributed by atoms with Crippen molar-refractivity contribution < 1.29 is 35.1 Å². The van der Waals surface area contributed by atoms with Gasteiger partial charge in [-0.15, -0.1) is 0 Å². The molecule has 0 aromatic heterocycles. The van der Waals surface area contributed by atoms with E-state index >= 15 is 0 Å². The van der Waals surface area contributed by atoms with Crippen LogP contribution in [0.1, 0.15) is 80.1 Å². The molecule has 0 fully saturated rings. The number of rotatable bonds is 17. The first-order valence-electron chi connectivity index (χ1n) is 25.5. The molecule has 0 bridgehead atoms. The van der Waals surface area contributed by atoms with E-state index < -0.39 is 121 Å². The number of hydrogen-bond acceptors (Lipinski definition) is 0. The number of halogens is 8. The van der Waals surface area contributed by atoms with Crippen LogP contribution >= 0.6 is 0 Å². The predicted molar refractivity (Wildman–Crippen MR) is 302 cm³/mol. The molecule has 0 aliphatic rings. The van der Waals surface area contributed by atoms with Crippen LogP contribution in [0.5, 0.6) is 0 Å². The molecule has 0 unspecified atom stereocenters. The Bertz CT molecular complexity index is 2210. The summed E-state index contributed by atoms with van der Waals surface area (Å²) in [6, 6.07) is 27.0. The van der Waals surface area contributed by atoms with Crippen LogP contribution in [0.15, 0.2) is 103 Å². The standard InChI is InChI=1S/3C6H3F2.2C6H4F.3C4H9.3C2H5.9CH3.5Sn/c2*7-5-2-1-3-6(8)4-5;7-5-3-1-2-4-6(5)8;2*7-6-4-2-1-3-5-6;3*1-3-4-2;3*1-2;;;;;;;;;;;;;;/h2-4H;1-2,4H;1-3H;2-5H;1-2,4-5H;3*1,3-4H2,2H3;3*1H2,2H3;9*1H3;;;;;. The summed E-state index contributed by atoms with van der Waals surface area (Å²) in [5.74, 6) is -3.28. The van der Waals surface area contributed by atoms with E-state index in [1.165, 1.54) is 67.5 Å². The minimum atomic E-state index is -2.43. The first kappa shape index (κ1) is 67.5. The van der Waals surface area contributed by atoms with Crippen molar-refractivity contribution in [2.24, 2.45) is 0 Å². The van der Waals surface area contributed by atoms with E-state index in [-0.39, 0.29) is 17.5 Å². The van der Waals surface area contributed by atoms with Gasteiger partial charge in [0.1, 0.15) is 0 Å². The van der Waals surface area contributed by atoms with E-state index in [4.69, 9.17) is 0 Å². The van der Waals surface area contributed by atoms with Gasteiger partial charge in [0, 0.05) is 0 Å². The zero-order chi connectivity index (χ0) is 53.5. The van der Waals surface area contributed by atoms with Gasteiger partial charge in [-0.25, -0.2) is 0 Å². The van der Waals surface area contributed by atoms with Crippen LogP contribution < -0.4 is 17.9 Å². The second-order valence-electron chi connectivity index (χ2n) is 21.6. The van der Waals surface area contributed by atoms with Crippen LogP contribution in [0, 0.1) is 46.5 Å². The molecule has 70 heavy (non-hydrogen) atoms. The Hall–Kier alpha value is -0.466. The van der Waals surface area contributed by atoms with E-state index in [0.717, 1.165) is 38.7 Å². The quantitative estimate of drug-likeness (QED) is 0.0643. The molecule has 0 saturated heterocycles. The Labute approximate surface area is 440 Å². The summed E-state index contributed by atoms with van der Waals surface area (Å²) >= 11 is -11.5. The van der Waals surface area contributed by atoms with Crippen LogP contribution in [0.2, 0.25) is 71.1 Å². The zero-order valence-corrected chi connectivity index (χ0v) is 59.6. The van der Waals surface area contributed by atoms with Gasteiger partial charge < -0.3 is 0 Å². The molecule has 5 aromatic rings. The molecule has 0 radical (unpaired) electrons. The predicted octanol–water partition coefficient (Wildman–Crippen LogP) is 17.0. The Kier molecular flexibility index (Phi) is 31.7. The first-order chi connectivity index (χ1) is 32.6. The van der Waals surface area contributed by atoms with Crippen molar-refractivity contribution in [1.29, 1.82) is 0 Å². The Balaban J connectivity index is 0.000000446. The van der Waals surface area contributed by atoms with Gasteiger partial charge in [0.25, 0.3) is 0 Å². The molecule has 5 rings (SSSR count). The fourth-order valence-electron chi connectivity index (χ4n) is 8.52. The van der Waals surface area contributed by atoms with Crippen molar-refractivity contribution >= 4 is 110 Å². The van der Waals surface area contributed by atoms with Gasteiger partial charge in [0.2, 0.25) is 0 Å². The summed E-state index contributed by atoms with van der Waals surface area (Å²) in [5, 5.41) is 0. The molecule has 0 N–H and O–H groups in total. The number of benzene rings is 5. The van der Waals surface area contributed by atoms with Crippen molar-refractivity contribution in [3.63, 3.8) is 0 Å². The Morgan fingerprint density at radius 2 is 0.757 bits per heavy atom. The van der Waals surface area contributed by atoms with Gasteiger partial charge >= 0.3 is 446 Å². The molecule has 390 valence electrons. The molecule has 0 aliphatic heterocycles. The summed E-state index contributed by atoms with van der Waals surface area (Å²) < 4.78 is 117. The van der Waals surface area contributed by atoms with Gasteiger partial charge in [0.15, 0.2) is 0 Å². The third-order valence-corrected chi connectivity index (χ3v) is 62.1. The van der Waals surface area contributed by atoms with Crippen LogP contribution in [0.25, 0.3) is 0 Å². The molecule has 0 nitrogen and oxygen atoms in total. The van der Waals surface area contributed by atoms with Gasteiger partial charge in [-0.1, -0.05) is 0 Å². The Morgan fingerprint density at radius 1 is 0.329 bits per heavy atom. The fourth-order valence-corrected chi connectivity index (χ4v) is 45.9. The molecular weight excluding hydrogens is 1430 g/mol. The third-order valence-electron chi connectivity index (χ3n) is 13.2. The minimum absolute atomic E-state index is 0.0876. The maximum atomic E-state index is 13.3. The molecule has 0 saturated carbocycles. The molecule has 0 amide bonds. The summed E-state index contributed by atoms with van der Waals surface area (Å²) in [6.07, 6.45) is 7.96. The second-order valence-corrected chi connectivity index (χ2v) is 93.1. The van der Waals surface area contributed by atoms with E-state index in [2.05, 4.69) is 98.1 Å². The average molecular weight is 1520 g/mol. The molecule has 0 spiro atoms. The van der Waals surface area contributed by atoms with Crippen molar-refractivity contribution in [3.05, 3.63) is 150 Å². The third kappa shape index (κ3) is 23.6. The topological polar surface area (TPSA) is 0 Å². The average Bonchev–Trinajstić information content (AvgIpc) is 3.28. The van der Waals surface area contributed by atoms with Crippen LogP contribution in [0.3, 0.4) is 0 Å². The summed E-state index contributed by atoms with van der Waals surface area (Å²) in [5.41, 5.74) is 0. The van der Waals surface area contributed by atoms with Gasteiger partial charge in [-0.3, -0.25) is 0 Å². The van der Waals surface area contributed by atoms with E-state index in [9.17, 15) is 35.1 Å². The van der Waals surface area contributed by atoms with Crippen LogP contribution in [0.4, 0.5) is 35.1 Å². The maximum absolute atomic E-state index is 13.3. The normalized spacial score (nSPS) is 11.8. The SMILES string of the molecule is CCC[CH2][Sn]([CH2]CCC)([CH2]CCC)[c]1ccc(F)cc1.C[CH2][Sn]([CH2]C)([CH2]C)[c]1cc(F)cc(F)c1.[CH3][Sn]([CH3])([CH3])[c]1ccc(F)cc1F.[CH3][Sn]([CH3])([CH3])[c]1cccc(F)c1.[CH3][Sn]([CH3])([CH3])[c]1cccc(F)c1F. The summed E-state index contributed by atoms with van der Waals surface area (Å²) in [6.45, 7) is 13.4. The fraction of sp³-hybridized carbons (Fsp3) is 0.474. The van der Waals surface area contributed by atoms with Gasteiger partial charge in [-0.05, 0) is 0 Å². The van der Waals surface area contributed by atoms with Crippen molar-refractivity contribution in [2.75, 3.05) is 0 Å². The first-order valence-corrected chi connectivity index (χ1v) is 70.4. The molecule has 13 heteroatoms. The molecule has 0 atom stereocenters. The summed E-state index contributed by atoms with van der Waals surface area (Å²) in [7, 11) is 0. The zero-order valence-electron chi connectivity index (χ0n) is 45.3. The monoisotopic (exact) mass is 1520 g/mol. The van der Waals surface area contributed by atoms with Crippen LogP contribution in [-0.2, 0) is 0 Å². The summed E-state index contributed by atoms with van der Waals surface area (Å²) in [4.78, 5) is 19.3. The van der Waals surface area contributed by atoms with Crippen molar-refractivity contribution in [1.82, 2.24) is 0 Å².